The highest BCUT2D eigenvalue weighted by molar-refractivity contribution is 5.78. The van der Waals surface area contributed by atoms with E-state index in [4.69, 9.17) is 5.73 Å². The molecule has 104 valence electrons. The molecule has 1 aliphatic rings. The Hall–Kier alpha value is -1.58. The van der Waals surface area contributed by atoms with Crippen LogP contribution in [0, 0.1) is 5.82 Å². The maximum atomic E-state index is 12.8. The number of nitrogens with one attached hydrogen (secondary N) is 1. The highest BCUT2D eigenvalue weighted by atomic mass is 19.1. The van der Waals surface area contributed by atoms with Crippen molar-refractivity contribution in [2.45, 2.75) is 51.1 Å². The van der Waals surface area contributed by atoms with E-state index in [1.807, 2.05) is 0 Å². The standard InChI is InChI=1S/C15H22FN3/c1-11(10-12-6-8-13(16)9-7-12)18-15(17)19-14-4-2-3-5-14/h6-9,11,14H,2-5,10H2,1H3,(H3,17,18,19). The molecule has 0 spiro atoms. The molecule has 0 bridgehead atoms. The maximum Gasteiger partial charge on any atom is 0.189 e. The molecule has 1 aliphatic carbocycles. The zero-order valence-electron chi connectivity index (χ0n) is 11.4. The van der Waals surface area contributed by atoms with Gasteiger partial charge in [-0.25, -0.2) is 4.39 Å². The van der Waals surface area contributed by atoms with E-state index in [9.17, 15) is 4.39 Å². The van der Waals surface area contributed by atoms with Crippen LogP contribution >= 0.6 is 0 Å². The van der Waals surface area contributed by atoms with E-state index in [1.165, 1.54) is 25.0 Å². The largest absolute Gasteiger partial charge is 0.370 e. The third-order valence-electron chi connectivity index (χ3n) is 3.50. The predicted molar refractivity (Wildman–Crippen MR) is 76.6 cm³/mol. The van der Waals surface area contributed by atoms with Crippen LogP contribution in [0.2, 0.25) is 0 Å². The summed E-state index contributed by atoms with van der Waals surface area (Å²) >= 11 is 0. The number of hydrogen-bond donors (Lipinski definition) is 2. The van der Waals surface area contributed by atoms with Gasteiger partial charge in [-0.05, 0) is 43.9 Å². The number of halogens is 1. The molecular weight excluding hydrogens is 241 g/mol. The average Bonchev–Trinajstić information content (AvgIpc) is 2.84. The number of guanidine groups is 1. The van der Waals surface area contributed by atoms with Gasteiger partial charge in [0.15, 0.2) is 5.96 Å². The van der Waals surface area contributed by atoms with Crippen LogP contribution in [0.15, 0.2) is 29.3 Å². The van der Waals surface area contributed by atoms with Crippen molar-refractivity contribution in [1.82, 2.24) is 5.32 Å². The van der Waals surface area contributed by atoms with Gasteiger partial charge >= 0.3 is 0 Å². The van der Waals surface area contributed by atoms with E-state index in [0.717, 1.165) is 24.8 Å². The van der Waals surface area contributed by atoms with Gasteiger partial charge in [0, 0.05) is 6.04 Å². The van der Waals surface area contributed by atoms with E-state index in [1.54, 1.807) is 12.1 Å². The van der Waals surface area contributed by atoms with Gasteiger partial charge in [-0.1, -0.05) is 25.0 Å². The van der Waals surface area contributed by atoms with Gasteiger partial charge in [0.05, 0.1) is 6.04 Å². The van der Waals surface area contributed by atoms with Crippen LogP contribution in [0.25, 0.3) is 0 Å². The molecule has 4 heteroatoms. The summed E-state index contributed by atoms with van der Waals surface area (Å²) in [4.78, 5) is 4.50. The van der Waals surface area contributed by atoms with Crippen molar-refractivity contribution in [2.24, 2.45) is 10.7 Å². The van der Waals surface area contributed by atoms with Crippen molar-refractivity contribution in [3.8, 4) is 0 Å². The van der Waals surface area contributed by atoms with E-state index in [0.29, 0.717) is 12.0 Å². The molecule has 0 aliphatic heterocycles. The van der Waals surface area contributed by atoms with Crippen LogP contribution in [0.1, 0.15) is 38.2 Å². The molecule has 1 fully saturated rings. The lowest BCUT2D eigenvalue weighted by atomic mass is 10.1. The summed E-state index contributed by atoms with van der Waals surface area (Å²) < 4.78 is 12.8. The number of rotatable bonds is 4. The van der Waals surface area contributed by atoms with Gasteiger partial charge in [0.2, 0.25) is 0 Å². The lowest BCUT2D eigenvalue weighted by Crippen LogP contribution is -2.40. The van der Waals surface area contributed by atoms with Crippen LogP contribution in [0.5, 0.6) is 0 Å². The highest BCUT2D eigenvalue weighted by Gasteiger charge is 2.14. The molecule has 0 aromatic heterocycles. The van der Waals surface area contributed by atoms with Crippen molar-refractivity contribution >= 4 is 5.96 Å². The van der Waals surface area contributed by atoms with Gasteiger partial charge in [-0.2, -0.15) is 0 Å². The second-order valence-corrected chi connectivity index (χ2v) is 5.33. The molecule has 0 heterocycles. The molecule has 1 saturated carbocycles. The van der Waals surface area contributed by atoms with Crippen LogP contribution in [-0.2, 0) is 6.42 Å². The Bertz CT molecular complexity index is 422. The molecule has 0 amide bonds. The summed E-state index contributed by atoms with van der Waals surface area (Å²) in [6.45, 7) is 2.06. The summed E-state index contributed by atoms with van der Waals surface area (Å²) in [5.41, 5.74) is 7.00. The summed E-state index contributed by atoms with van der Waals surface area (Å²) in [5.74, 6) is 0.327. The molecule has 2 rings (SSSR count). The highest BCUT2D eigenvalue weighted by Crippen LogP contribution is 2.20. The van der Waals surface area contributed by atoms with Gasteiger partial charge in [0.1, 0.15) is 5.82 Å². The number of hydrogen-bond acceptors (Lipinski definition) is 1. The monoisotopic (exact) mass is 263 g/mol. The minimum Gasteiger partial charge on any atom is -0.370 e. The zero-order valence-corrected chi connectivity index (χ0v) is 11.4. The van der Waals surface area contributed by atoms with Gasteiger partial charge in [-0.15, -0.1) is 0 Å². The van der Waals surface area contributed by atoms with Crippen LogP contribution in [0.4, 0.5) is 4.39 Å². The predicted octanol–water partition coefficient (Wildman–Crippen LogP) is 2.60. The molecule has 19 heavy (non-hydrogen) atoms. The Labute approximate surface area is 114 Å². The molecule has 0 radical (unpaired) electrons. The summed E-state index contributed by atoms with van der Waals surface area (Å²) in [6, 6.07) is 7.16. The quantitative estimate of drug-likeness (QED) is 0.648. The second-order valence-electron chi connectivity index (χ2n) is 5.33. The summed E-state index contributed by atoms with van der Waals surface area (Å²) in [5, 5.41) is 3.20. The Kier molecular flexibility index (Phi) is 4.77. The SMILES string of the molecule is CC(Cc1ccc(F)cc1)NC(N)=NC1CCCC1. The molecule has 1 aromatic carbocycles. The second kappa shape index (κ2) is 6.55. The molecule has 0 saturated heterocycles. The first-order valence-electron chi connectivity index (χ1n) is 6.98. The van der Waals surface area contributed by atoms with E-state index in [-0.39, 0.29) is 11.9 Å². The van der Waals surface area contributed by atoms with Gasteiger partial charge in [-0.3, -0.25) is 4.99 Å². The van der Waals surface area contributed by atoms with Crippen LogP contribution < -0.4 is 11.1 Å². The Morgan fingerprint density at radius 1 is 1.37 bits per heavy atom. The third kappa shape index (κ3) is 4.54. The van der Waals surface area contributed by atoms with E-state index in [2.05, 4.69) is 17.2 Å². The number of nitrogens with two attached hydrogens (primary N) is 1. The first kappa shape index (κ1) is 13.8. The van der Waals surface area contributed by atoms with Crippen molar-refractivity contribution in [3.63, 3.8) is 0 Å². The van der Waals surface area contributed by atoms with Crippen molar-refractivity contribution in [1.29, 1.82) is 0 Å². The molecule has 1 aromatic rings. The first-order valence-corrected chi connectivity index (χ1v) is 6.98. The Morgan fingerprint density at radius 2 is 2.00 bits per heavy atom. The fourth-order valence-corrected chi connectivity index (χ4v) is 2.54. The third-order valence-corrected chi connectivity index (χ3v) is 3.50. The van der Waals surface area contributed by atoms with Crippen molar-refractivity contribution < 1.29 is 4.39 Å². The number of aliphatic imine (C=N–C) groups is 1. The number of nitrogens with zero attached hydrogens (tertiary/aromatic N) is 1. The average molecular weight is 263 g/mol. The van der Waals surface area contributed by atoms with Gasteiger partial charge < -0.3 is 11.1 Å². The van der Waals surface area contributed by atoms with Crippen molar-refractivity contribution in [2.75, 3.05) is 0 Å². The molecular formula is C15H22FN3. The molecule has 1 atom stereocenters. The lowest BCUT2D eigenvalue weighted by Gasteiger charge is -2.15. The first-order chi connectivity index (χ1) is 9.13. The van der Waals surface area contributed by atoms with Gasteiger partial charge in [0.25, 0.3) is 0 Å². The van der Waals surface area contributed by atoms with Crippen LogP contribution in [-0.4, -0.2) is 18.0 Å². The smallest absolute Gasteiger partial charge is 0.189 e. The topological polar surface area (TPSA) is 50.4 Å². The summed E-state index contributed by atoms with van der Waals surface area (Å²) in [6.07, 6.45) is 5.61. The maximum absolute atomic E-state index is 12.8. The van der Waals surface area contributed by atoms with Crippen LogP contribution in [0.3, 0.4) is 0 Å². The Morgan fingerprint density at radius 3 is 2.63 bits per heavy atom. The van der Waals surface area contributed by atoms with E-state index < -0.39 is 0 Å². The summed E-state index contributed by atoms with van der Waals surface area (Å²) in [7, 11) is 0. The van der Waals surface area contributed by atoms with E-state index >= 15 is 0 Å². The molecule has 1 unspecified atom stereocenters. The normalized spacial score (nSPS) is 18.5. The molecule has 3 N–H and O–H groups in total. The van der Waals surface area contributed by atoms with Crippen molar-refractivity contribution in [3.05, 3.63) is 35.6 Å². The minimum atomic E-state index is -0.202. The fraction of sp³-hybridized carbons (Fsp3) is 0.533. The zero-order chi connectivity index (χ0) is 13.7. The molecule has 3 nitrogen and oxygen atoms in total. The number of benzene rings is 1. The fourth-order valence-electron chi connectivity index (χ4n) is 2.54. The Balaban J connectivity index is 1.82. The lowest BCUT2D eigenvalue weighted by molar-refractivity contribution is 0.620. The minimum absolute atomic E-state index is 0.190.